The van der Waals surface area contributed by atoms with Crippen LogP contribution >= 0.6 is 0 Å². The first-order valence-corrected chi connectivity index (χ1v) is 7.86. The van der Waals surface area contributed by atoms with E-state index in [-0.39, 0.29) is 11.0 Å². The number of nitrogens with zero attached hydrogens (tertiary/aromatic N) is 2. The van der Waals surface area contributed by atoms with E-state index in [1.165, 1.54) is 24.8 Å². The molecule has 1 aliphatic heterocycles. The van der Waals surface area contributed by atoms with Gasteiger partial charge in [-0.3, -0.25) is 4.99 Å². The van der Waals surface area contributed by atoms with Crippen LogP contribution in [0.3, 0.4) is 0 Å². The van der Waals surface area contributed by atoms with Crippen LogP contribution in [0.4, 0.5) is 0 Å². The smallest absolute Gasteiger partial charge is 0.192 e. The van der Waals surface area contributed by atoms with Crippen molar-refractivity contribution >= 4 is 5.96 Å². The van der Waals surface area contributed by atoms with Crippen molar-refractivity contribution in [3.05, 3.63) is 35.9 Å². The Morgan fingerprint density at radius 2 is 2.10 bits per heavy atom. The molecule has 2 aliphatic carbocycles. The molecule has 2 atom stereocenters. The second kappa shape index (κ2) is 4.47. The number of hydrogen-bond acceptors (Lipinski definition) is 4. The first-order valence-electron chi connectivity index (χ1n) is 7.86. The molecule has 0 radical (unpaired) electrons. The average Bonchev–Trinajstić information content (AvgIpc) is 2.75. The lowest BCUT2D eigenvalue weighted by molar-refractivity contribution is -0.231. The van der Waals surface area contributed by atoms with Crippen LogP contribution in [0.2, 0.25) is 0 Å². The van der Waals surface area contributed by atoms with Crippen LogP contribution in [0.5, 0.6) is 0 Å². The summed E-state index contributed by atoms with van der Waals surface area (Å²) in [5.74, 6) is 0.708. The van der Waals surface area contributed by atoms with Gasteiger partial charge in [0.05, 0.1) is 18.2 Å². The first kappa shape index (κ1) is 13.1. The fraction of sp³-hybridized carbons (Fsp3) is 0.588. The molecule has 0 bridgehead atoms. The average molecular weight is 285 g/mol. The lowest BCUT2D eigenvalue weighted by atomic mass is 9.43. The predicted octanol–water partition coefficient (Wildman–Crippen LogP) is 2.14. The Labute approximate surface area is 126 Å². The summed E-state index contributed by atoms with van der Waals surface area (Å²) in [6.45, 7) is 1.69. The molecular formula is C17H23N3O. The predicted molar refractivity (Wildman–Crippen MR) is 82.9 cm³/mol. The molecule has 21 heavy (non-hydrogen) atoms. The highest BCUT2D eigenvalue weighted by Crippen LogP contribution is 2.66. The van der Waals surface area contributed by atoms with Gasteiger partial charge >= 0.3 is 0 Å². The van der Waals surface area contributed by atoms with E-state index in [4.69, 9.17) is 10.5 Å². The van der Waals surface area contributed by atoms with E-state index < -0.39 is 0 Å². The maximum absolute atomic E-state index is 6.23. The van der Waals surface area contributed by atoms with E-state index >= 15 is 0 Å². The van der Waals surface area contributed by atoms with E-state index in [9.17, 15) is 0 Å². The highest BCUT2D eigenvalue weighted by molar-refractivity contribution is 5.81. The molecule has 2 N–H and O–H groups in total. The Morgan fingerprint density at radius 3 is 2.71 bits per heavy atom. The van der Waals surface area contributed by atoms with Crippen LogP contribution in [-0.4, -0.2) is 36.2 Å². The lowest BCUT2D eigenvalue weighted by Crippen LogP contribution is -2.77. The summed E-state index contributed by atoms with van der Waals surface area (Å²) in [4.78, 5) is 6.96. The van der Waals surface area contributed by atoms with Crippen molar-refractivity contribution in [1.82, 2.24) is 4.90 Å². The quantitative estimate of drug-likeness (QED) is 0.925. The van der Waals surface area contributed by atoms with Gasteiger partial charge in [0.25, 0.3) is 0 Å². The molecule has 112 valence electrons. The van der Waals surface area contributed by atoms with E-state index in [0.29, 0.717) is 12.1 Å². The maximum atomic E-state index is 6.23. The zero-order valence-corrected chi connectivity index (χ0v) is 12.6. The summed E-state index contributed by atoms with van der Waals surface area (Å²) >= 11 is 0. The zero-order valence-electron chi connectivity index (χ0n) is 12.6. The lowest BCUT2D eigenvalue weighted by Gasteiger charge is -2.69. The fourth-order valence-corrected chi connectivity index (χ4v) is 4.73. The molecule has 1 heterocycles. The van der Waals surface area contributed by atoms with Crippen molar-refractivity contribution in [3.63, 3.8) is 0 Å². The first-order chi connectivity index (χ1) is 10.2. The molecule has 2 unspecified atom stereocenters. The van der Waals surface area contributed by atoms with Crippen molar-refractivity contribution in [3.8, 4) is 0 Å². The normalized spacial score (nSPS) is 32.9. The number of hydrogen-bond donors (Lipinski definition) is 1. The fourth-order valence-electron chi connectivity index (χ4n) is 4.73. The Hall–Kier alpha value is -1.55. The highest BCUT2D eigenvalue weighted by atomic mass is 16.5. The van der Waals surface area contributed by atoms with Crippen LogP contribution in [0.1, 0.15) is 31.2 Å². The van der Waals surface area contributed by atoms with Gasteiger partial charge in [0, 0.05) is 19.1 Å². The number of benzene rings is 1. The Kier molecular flexibility index (Phi) is 2.80. The van der Waals surface area contributed by atoms with Crippen molar-refractivity contribution in [1.29, 1.82) is 0 Å². The van der Waals surface area contributed by atoms with Gasteiger partial charge in [0.1, 0.15) is 0 Å². The van der Waals surface area contributed by atoms with Crippen LogP contribution < -0.4 is 5.73 Å². The molecule has 2 spiro atoms. The molecule has 0 aromatic heterocycles. The SMILES string of the molecule is COC1CC2(CN=C(N)N2Cc2ccccc2)C12CCC2. The second-order valence-electron chi connectivity index (χ2n) is 6.72. The van der Waals surface area contributed by atoms with Crippen molar-refractivity contribution in [2.75, 3.05) is 13.7 Å². The zero-order chi connectivity index (χ0) is 14.5. The van der Waals surface area contributed by atoms with Crippen molar-refractivity contribution in [2.45, 2.75) is 43.9 Å². The number of fused-ring (bicyclic) bond motifs is 1. The van der Waals surface area contributed by atoms with Gasteiger partial charge < -0.3 is 15.4 Å². The summed E-state index contributed by atoms with van der Waals surface area (Å²) in [7, 11) is 1.85. The Bertz CT molecular complexity index is 567. The summed E-state index contributed by atoms with van der Waals surface area (Å²) in [6, 6.07) is 10.6. The minimum absolute atomic E-state index is 0.103. The molecule has 3 aliphatic rings. The van der Waals surface area contributed by atoms with Crippen LogP contribution in [0.15, 0.2) is 35.3 Å². The van der Waals surface area contributed by atoms with Gasteiger partial charge in [-0.25, -0.2) is 0 Å². The largest absolute Gasteiger partial charge is 0.381 e. The van der Waals surface area contributed by atoms with Gasteiger partial charge in [-0.1, -0.05) is 36.8 Å². The minimum Gasteiger partial charge on any atom is -0.381 e. The molecule has 4 rings (SSSR count). The molecule has 2 saturated carbocycles. The van der Waals surface area contributed by atoms with Gasteiger partial charge in [0.2, 0.25) is 0 Å². The molecule has 1 aromatic rings. The van der Waals surface area contributed by atoms with E-state index in [0.717, 1.165) is 19.5 Å². The van der Waals surface area contributed by atoms with Crippen LogP contribution in [-0.2, 0) is 11.3 Å². The number of guanidine groups is 1. The molecule has 0 saturated heterocycles. The molecule has 2 fully saturated rings. The molecule has 4 heteroatoms. The van der Waals surface area contributed by atoms with E-state index in [2.05, 4.69) is 40.2 Å². The highest BCUT2D eigenvalue weighted by Gasteiger charge is 2.71. The summed E-state index contributed by atoms with van der Waals surface area (Å²) in [5.41, 5.74) is 7.91. The third-order valence-electron chi connectivity index (χ3n) is 6.08. The van der Waals surface area contributed by atoms with Crippen molar-refractivity contribution < 1.29 is 4.74 Å². The summed E-state index contributed by atoms with van der Waals surface area (Å²) in [6.07, 6.45) is 5.24. The summed E-state index contributed by atoms with van der Waals surface area (Å²) < 4.78 is 5.75. The third kappa shape index (κ3) is 1.57. The third-order valence-corrected chi connectivity index (χ3v) is 6.08. The number of ether oxygens (including phenoxy) is 1. The number of nitrogens with two attached hydrogens (primary N) is 1. The number of rotatable bonds is 3. The molecule has 0 amide bonds. The van der Waals surface area contributed by atoms with E-state index in [1.54, 1.807) is 0 Å². The number of methoxy groups -OCH3 is 1. The van der Waals surface area contributed by atoms with Gasteiger partial charge in [-0.15, -0.1) is 0 Å². The molecule has 1 aromatic carbocycles. The minimum atomic E-state index is 0.103. The van der Waals surface area contributed by atoms with Gasteiger partial charge in [-0.05, 0) is 24.8 Å². The van der Waals surface area contributed by atoms with Gasteiger partial charge in [0.15, 0.2) is 5.96 Å². The van der Waals surface area contributed by atoms with Crippen molar-refractivity contribution in [2.24, 2.45) is 16.1 Å². The van der Waals surface area contributed by atoms with Crippen LogP contribution in [0.25, 0.3) is 0 Å². The maximum Gasteiger partial charge on any atom is 0.192 e. The summed E-state index contributed by atoms with van der Waals surface area (Å²) in [5, 5.41) is 0. The Morgan fingerprint density at radius 1 is 1.33 bits per heavy atom. The van der Waals surface area contributed by atoms with Crippen LogP contribution in [0, 0.1) is 5.41 Å². The van der Waals surface area contributed by atoms with Gasteiger partial charge in [-0.2, -0.15) is 0 Å². The molecule has 4 nitrogen and oxygen atoms in total. The second-order valence-corrected chi connectivity index (χ2v) is 6.72. The Balaban J connectivity index is 1.64. The monoisotopic (exact) mass is 285 g/mol. The number of aliphatic imine (C=N–C) groups is 1. The van der Waals surface area contributed by atoms with E-state index in [1.807, 2.05) is 7.11 Å². The topological polar surface area (TPSA) is 50.9 Å². The molecular weight excluding hydrogens is 262 g/mol. The standard InChI is InChI=1S/C17H23N3O/c1-21-14-10-17(16(14)8-5-9-16)12-19-15(18)20(17)11-13-6-3-2-4-7-13/h2-4,6-7,14H,5,8-12H2,1H3,(H2,18,19).